The van der Waals surface area contributed by atoms with E-state index in [1.54, 1.807) is 24.3 Å². The van der Waals surface area contributed by atoms with E-state index >= 15 is 0 Å². The number of thiophene rings is 1. The van der Waals surface area contributed by atoms with Crippen molar-refractivity contribution >= 4 is 34.0 Å². The number of hydrogen-bond acceptors (Lipinski definition) is 6. The highest BCUT2D eigenvalue weighted by Gasteiger charge is 2.09. The van der Waals surface area contributed by atoms with Gasteiger partial charge in [0.05, 0.1) is 24.8 Å². The number of nitro groups is 1. The van der Waals surface area contributed by atoms with Gasteiger partial charge < -0.3 is 14.8 Å². The normalized spacial score (nSPS) is 10.5. The summed E-state index contributed by atoms with van der Waals surface area (Å²) in [4.78, 5) is 22.7. The largest absolute Gasteiger partial charge is 0.497 e. The minimum atomic E-state index is -0.469. The van der Waals surface area contributed by atoms with E-state index in [-0.39, 0.29) is 10.9 Å². The van der Waals surface area contributed by atoms with Gasteiger partial charge in [-0.1, -0.05) is 11.3 Å². The molecule has 0 atom stereocenters. The van der Waals surface area contributed by atoms with Crippen molar-refractivity contribution < 1.29 is 19.2 Å². The summed E-state index contributed by atoms with van der Waals surface area (Å²) in [6.07, 6.45) is 2.81. The van der Waals surface area contributed by atoms with Crippen LogP contribution in [-0.2, 0) is 4.79 Å². The van der Waals surface area contributed by atoms with Crippen molar-refractivity contribution in [3.63, 3.8) is 0 Å². The summed E-state index contributed by atoms with van der Waals surface area (Å²) in [7, 11) is 3.02. The van der Waals surface area contributed by atoms with Gasteiger partial charge in [0.2, 0.25) is 5.91 Å². The molecule has 1 amide bonds. The summed E-state index contributed by atoms with van der Waals surface area (Å²) in [5.41, 5.74) is 0.471. The van der Waals surface area contributed by atoms with Crippen molar-refractivity contribution in [3.8, 4) is 11.5 Å². The van der Waals surface area contributed by atoms with Crippen molar-refractivity contribution in [1.82, 2.24) is 0 Å². The third kappa shape index (κ3) is 4.30. The number of carbonyl (C=O) groups is 1. The van der Waals surface area contributed by atoms with Crippen LogP contribution in [0, 0.1) is 10.1 Å². The molecule has 0 spiro atoms. The monoisotopic (exact) mass is 334 g/mol. The average molecular weight is 334 g/mol. The molecular formula is C15H14N2O5S. The Balaban J connectivity index is 2.09. The van der Waals surface area contributed by atoms with Gasteiger partial charge in [-0.05, 0) is 24.3 Å². The number of ether oxygens (including phenoxy) is 2. The van der Waals surface area contributed by atoms with Gasteiger partial charge in [0, 0.05) is 23.1 Å². The Morgan fingerprint density at radius 1 is 1.26 bits per heavy atom. The van der Waals surface area contributed by atoms with E-state index in [0.717, 1.165) is 11.3 Å². The predicted molar refractivity (Wildman–Crippen MR) is 88.2 cm³/mol. The molecule has 120 valence electrons. The molecule has 0 saturated heterocycles. The second kappa shape index (κ2) is 7.41. The van der Waals surface area contributed by atoms with E-state index in [4.69, 9.17) is 9.47 Å². The molecule has 1 aromatic heterocycles. The number of rotatable bonds is 6. The zero-order chi connectivity index (χ0) is 16.8. The predicted octanol–water partition coefficient (Wildman–Crippen LogP) is 3.33. The van der Waals surface area contributed by atoms with Crippen LogP contribution < -0.4 is 14.8 Å². The van der Waals surface area contributed by atoms with Crippen molar-refractivity contribution in [1.29, 1.82) is 0 Å². The van der Waals surface area contributed by atoms with E-state index in [1.165, 1.54) is 32.4 Å². The number of benzene rings is 1. The second-order valence-corrected chi connectivity index (χ2v) is 5.42. The lowest BCUT2D eigenvalue weighted by atomic mass is 10.2. The van der Waals surface area contributed by atoms with Crippen LogP contribution >= 0.6 is 11.3 Å². The lowest BCUT2D eigenvalue weighted by molar-refractivity contribution is -0.380. The van der Waals surface area contributed by atoms with Gasteiger partial charge >= 0.3 is 5.00 Å². The first kappa shape index (κ1) is 16.5. The number of carbonyl (C=O) groups excluding carboxylic acids is 1. The fraction of sp³-hybridized carbons (Fsp3) is 0.133. The molecule has 1 heterocycles. The molecule has 23 heavy (non-hydrogen) atoms. The number of amides is 1. The van der Waals surface area contributed by atoms with Gasteiger partial charge in [0.25, 0.3) is 0 Å². The molecule has 0 saturated carbocycles. The van der Waals surface area contributed by atoms with Crippen LogP contribution in [0.4, 0.5) is 10.7 Å². The zero-order valence-electron chi connectivity index (χ0n) is 12.4. The first-order valence-corrected chi connectivity index (χ1v) is 7.30. The van der Waals surface area contributed by atoms with E-state index < -0.39 is 4.92 Å². The summed E-state index contributed by atoms with van der Waals surface area (Å²) in [5, 5.41) is 13.3. The maximum atomic E-state index is 12.0. The standard InChI is InChI=1S/C15H14N2O5S/c1-21-10-3-6-13(22-2)12(9-10)16-14(18)7-4-11-5-8-15(23-11)17(19)20/h3-9H,1-2H3,(H,16,18)/b7-4+. The van der Waals surface area contributed by atoms with Gasteiger partial charge in [-0.15, -0.1) is 0 Å². The van der Waals surface area contributed by atoms with Crippen LogP contribution in [0.5, 0.6) is 11.5 Å². The van der Waals surface area contributed by atoms with E-state index in [2.05, 4.69) is 5.32 Å². The fourth-order valence-electron chi connectivity index (χ4n) is 1.77. The zero-order valence-corrected chi connectivity index (χ0v) is 13.3. The van der Waals surface area contributed by atoms with E-state index in [1.807, 2.05) is 0 Å². The van der Waals surface area contributed by atoms with Gasteiger partial charge in [0.1, 0.15) is 11.5 Å². The Bertz CT molecular complexity index is 754. The number of nitrogens with one attached hydrogen (secondary N) is 1. The summed E-state index contributed by atoms with van der Waals surface area (Å²) in [6.45, 7) is 0. The van der Waals surface area contributed by atoms with Crippen molar-refractivity contribution in [2.24, 2.45) is 0 Å². The van der Waals surface area contributed by atoms with Crippen LogP contribution in [0.2, 0.25) is 0 Å². The summed E-state index contributed by atoms with van der Waals surface area (Å²) >= 11 is 0.992. The molecule has 8 heteroatoms. The van der Waals surface area contributed by atoms with Crippen molar-refractivity contribution in [2.75, 3.05) is 19.5 Å². The third-order valence-electron chi connectivity index (χ3n) is 2.86. The third-order valence-corrected chi connectivity index (χ3v) is 3.86. The second-order valence-electron chi connectivity index (χ2n) is 4.32. The van der Waals surface area contributed by atoms with Crippen LogP contribution in [0.1, 0.15) is 4.88 Å². The summed E-state index contributed by atoms with van der Waals surface area (Å²) < 4.78 is 10.3. The van der Waals surface area contributed by atoms with Crippen LogP contribution in [0.15, 0.2) is 36.4 Å². The highest BCUT2D eigenvalue weighted by atomic mass is 32.1. The minimum absolute atomic E-state index is 0.0273. The first-order chi connectivity index (χ1) is 11.0. The first-order valence-electron chi connectivity index (χ1n) is 6.49. The maximum absolute atomic E-state index is 12.0. The quantitative estimate of drug-likeness (QED) is 0.497. The molecule has 1 N–H and O–H groups in total. The lowest BCUT2D eigenvalue weighted by Gasteiger charge is -2.10. The number of hydrogen-bond donors (Lipinski definition) is 1. The summed E-state index contributed by atoms with van der Waals surface area (Å²) in [5.74, 6) is 0.700. The van der Waals surface area contributed by atoms with Gasteiger partial charge in [-0.25, -0.2) is 0 Å². The van der Waals surface area contributed by atoms with Crippen LogP contribution in [0.3, 0.4) is 0 Å². The topological polar surface area (TPSA) is 90.7 Å². The lowest BCUT2D eigenvalue weighted by Crippen LogP contribution is -2.09. The molecule has 0 bridgehead atoms. The summed E-state index contributed by atoms with van der Waals surface area (Å²) in [6, 6.07) is 8.02. The number of nitrogens with zero attached hydrogens (tertiary/aromatic N) is 1. The molecule has 0 aliphatic heterocycles. The van der Waals surface area contributed by atoms with Crippen molar-refractivity contribution in [3.05, 3.63) is 51.4 Å². The van der Waals surface area contributed by atoms with Gasteiger partial charge in [-0.2, -0.15) is 0 Å². The Hall–Kier alpha value is -2.87. The number of methoxy groups -OCH3 is 2. The molecule has 0 fully saturated rings. The Labute approximate surface area is 136 Å². The Kier molecular flexibility index (Phi) is 5.32. The molecule has 2 rings (SSSR count). The molecule has 2 aromatic rings. The molecule has 1 aromatic carbocycles. The molecular weight excluding hydrogens is 320 g/mol. The van der Waals surface area contributed by atoms with Gasteiger partial charge in [0.15, 0.2) is 0 Å². The molecule has 0 aliphatic carbocycles. The van der Waals surface area contributed by atoms with Gasteiger partial charge in [-0.3, -0.25) is 14.9 Å². The molecule has 0 unspecified atom stereocenters. The van der Waals surface area contributed by atoms with Crippen LogP contribution in [0.25, 0.3) is 6.08 Å². The Morgan fingerprint density at radius 2 is 2.04 bits per heavy atom. The SMILES string of the molecule is COc1ccc(OC)c(NC(=O)/C=C/c2ccc([N+](=O)[O-])s2)c1. The van der Waals surface area contributed by atoms with Crippen molar-refractivity contribution in [2.45, 2.75) is 0 Å². The highest BCUT2D eigenvalue weighted by molar-refractivity contribution is 7.16. The van der Waals surface area contributed by atoms with Crippen LogP contribution in [-0.4, -0.2) is 25.1 Å². The number of anilines is 1. The highest BCUT2D eigenvalue weighted by Crippen LogP contribution is 2.29. The molecule has 0 aliphatic rings. The minimum Gasteiger partial charge on any atom is -0.497 e. The maximum Gasteiger partial charge on any atom is 0.324 e. The average Bonchev–Trinajstić information content (AvgIpc) is 3.02. The van der Waals surface area contributed by atoms with E-state index in [0.29, 0.717) is 22.1 Å². The van der Waals surface area contributed by atoms with E-state index in [9.17, 15) is 14.9 Å². The molecule has 7 nitrogen and oxygen atoms in total. The molecule has 0 radical (unpaired) electrons. The Morgan fingerprint density at radius 3 is 2.65 bits per heavy atom. The fourth-order valence-corrected chi connectivity index (χ4v) is 2.50. The smallest absolute Gasteiger partial charge is 0.324 e.